The van der Waals surface area contributed by atoms with Gasteiger partial charge in [-0.25, -0.2) is 9.97 Å². The summed E-state index contributed by atoms with van der Waals surface area (Å²) in [7, 11) is 4.02. The summed E-state index contributed by atoms with van der Waals surface area (Å²) in [4.78, 5) is 26.6. The highest BCUT2D eigenvalue weighted by Gasteiger charge is 2.31. The van der Waals surface area contributed by atoms with E-state index in [1.54, 1.807) is 12.1 Å². The van der Waals surface area contributed by atoms with Crippen LogP contribution in [-0.2, 0) is 17.8 Å². The number of hydrogen-bond donors (Lipinski definition) is 1. The topological polar surface area (TPSA) is 89.1 Å². The van der Waals surface area contributed by atoms with Gasteiger partial charge in [-0.15, -0.1) is 0 Å². The average Bonchev–Trinajstić information content (AvgIpc) is 3.32. The first kappa shape index (κ1) is 20.8. The third-order valence-electron chi connectivity index (χ3n) is 6.29. The number of carbonyl (C=O) groups is 1. The van der Waals surface area contributed by atoms with Crippen molar-refractivity contribution in [1.82, 2.24) is 19.8 Å². The highest BCUT2D eigenvalue weighted by atomic mass is 16.6. The van der Waals surface area contributed by atoms with Crippen LogP contribution in [0.2, 0.25) is 0 Å². The Labute approximate surface area is 187 Å². The average molecular weight is 440 g/mol. The normalized spacial score (nSPS) is 20.1. The van der Waals surface area contributed by atoms with E-state index in [1.807, 2.05) is 18.0 Å². The quantitative estimate of drug-likeness (QED) is 0.753. The maximum atomic E-state index is 12.8. The zero-order valence-electron chi connectivity index (χ0n) is 18.6. The molecule has 2 aromatic rings. The van der Waals surface area contributed by atoms with Gasteiger partial charge in [0, 0.05) is 57.2 Å². The van der Waals surface area contributed by atoms with Crippen LogP contribution in [0.1, 0.15) is 29.4 Å². The minimum Gasteiger partial charge on any atom is -0.486 e. The molecule has 0 bridgehead atoms. The fourth-order valence-electron chi connectivity index (χ4n) is 4.50. The van der Waals surface area contributed by atoms with Crippen LogP contribution in [0.15, 0.2) is 18.2 Å². The Balaban J connectivity index is 1.21. The molecule has 0 unspecified atom stereocenters. The van der Waals surface area contributed by atoms with Crippen molar-refractivity contribution in [2.24, 2.45) is 0 Å². The molecule has 1 aromatic carbocycles. The zero-order valence-corrected chi connectivity index (χ0v) is 18.6. The van der Waals surface area contributed by atoms with E-state index in [0.29, 0.717) is 43.6 Å². The van der Waals surface area contributed by atoms with Gasteiger partial charge in [-0.1, -0.05) is 0 Å². The van der Waals surface area contributed by atoms with Crippen molar-refractivity contribution in [3.05, 3.63) is 35.3 Å². The number of fused-ring (bicyclic) bond motifs is 2. The first-order valence-electron chi connectivity index (χ1n) is 11.2. The van der Waals surface area contributed by atoms with Gasteiger partial charge >= 0.3 is 0 Å². The summed E-state index contributed by atoms with van der Waals surface area (Å²) >= 11 is 0. The predicted molar refractivity (Wildman–Crippen MR) is 118 cm³/mol. The number of carbonyl (C=O) groups excluding carboxylic acids is 1. The predicted octanol–water partition coefficient (Wildman–Crippen LogP) is 1.67. The van der Waals surface area contributed by atoms with Gasteiger partial charge in [0.1, 0.15) is 30.6 Å². The number of likely N-dealkylation sites (N-methyl/N-ethyl adjacent to an activating group) is 1. The number of hydrogen-bond acceptors (Lipinski definition) is 8. The van der Waals surface area contributed by atoms with Gasteiger partial charge < -0.3 is 29.3 Å². The van der Waals surface area contributed by atoms with Gasteiger partial charge in [0.2, 0.25) is 0 Å². The van der Waals surface area contributed by atoms with Crippen molar-refractivity contribution < 1.29 is 19.0 Å². The lowest BCUT2D eigenvalue weighted by Gasteiger charge is -2.26. The van der Waals surface area contributed by atoms with Gasteiger partial charge in [0.25, 0.3) is 5.91 Å². The number of amides is 1. The number of benzene rings is 1. The van der Waals surface area contributed by atoms with E-state index in [-0.39, 0.29) is 18.4 Å². The Kier molecular flexibility index (Phi) is 5.73. The van der Waals surface area contributed by atoms with Crippen LogP contribution in [-0.4, -0.2) is 79.2 Å². The minimum absolute atomic E-state index is 0.00842. The lowest BCUT2D eigenvalue weighted by atomic mass is 10.0. The lowest BCUT2D eigenvalue weighted by Crippen LogP contribution is -2.33. The van der Waals surface area contributed by atoms with Crippen LogP contribution in [0.3, 0.4) is 0 Å². The summed E-state index contributed by atoms with van der Waals surface area (Å²) in [6.45, 7) is 4.21. The molecule has 4 heterocycles. The molecule has 0 aliphatic carbocycles. The van der Waals surface area contributed by atoms with Crippen LogP contribution in [0.5, 0.6) is 17.2 Å². The molecule has 3 aliphatic rings. The molecule has 170 valence electrons. The fraction of sp³-hybridized carbons (Fsp3) is 0.522. The van der Waals surface area contributed by atoms with Crippen molar-refractivity contribution >= 4 is 11.7 Å². The van der Waals surface area contributed by atoms with Crippen molar-refractivity contribution in [3.8, 4) is 17.2 Å². The second-order valence-corrected chi connectivity index (χ2v) is 8.51. The molecule has 5 rings (SSSR count). The maximum Gasteiger partial charge on any atom is 0.260 e. The number of nitrogens with one attached hydrogen (secondary N) is 1. The van der Waals surface area contributed by atoms with E-state index in [1.165, 1.54) is 5.56 Å². The molecule has 3 aliphatic heterocycles. The minimum atomic E-state index is -0.0317. The van der Waals surface area contributed by atoms with Crippen LogP contribution < -0.4 is 19.5 Å². The number of ether oxygens (including phenoxy) is 3. The third-order valence-corrected chi connectivity index (χ3v) is 6.29. The first-order valence-corrected chi connectivity index (χ1v) is 11.2. The van der Waals surface area contributed by atoms with Gasteiger partial charge in [-0.05, 0) is 25.6 Å². The van der Waals surface area contributed by atoms with Gasteiger partial charge in [0.05, 0.1) is 5.69 Å². The summed E-state index contributed by atoms with van der Waals surface area (Å²) in [6.07, 6.45) is 1.78. The second-order valence-electron chi connectivity index (χ2n) is 8.51. The Hall–Kier alpha value is -3.07. The second kappa shape index (κ2) is 8.82. The molecule has 1 saturated heterocycles. The lowest BCUT2D eigenvalue weighted by molar-refractivity contribution is -0.132. The highest BCUT2D eigenvalue weighted by molar-refractivity contribution is 5.78. The number of nitrogens with zero attached hydrogens (tertiary/aromatic N) is 4. The number of rotatable bonds is 5. The molecular formula is C23H29N5O4. The fourth-order valence-corrected chi connectivity index (χ4v) is 4.50. The summed E-state index contributed by atoms with van der Waals surface area (Å²) in [5, 5.41) is 3.24. The van der Waals surface area contributed by atoms with Crippen molar-refractivity contribution in [2.75, 3.05) is 58.9 Å². The monoisotopic (exact) mass is 439 g/mol. The van der Waals surface area contributed by atoms with Gasteiger partial charge in [0.15, 0.2) is 18.1 Å². The number of likely N-dealkylation sites (tertiary alicyclic amines) is 1. The van der Waals surface area contributed by atoms with E-state index in [4.69, 9.17) is 24.2 Å². The van der Waals surface area contributed by atoms with Gasteiger partial charge in [-0.3, -0.25) is 4.79 Å². The van der Waals surface area contributed by atoms with Gasteiger partial charge in [-0.2, -0.15) is 0 Å². The van der Waals surface area contributed by atoms with E-state index in [2.05, 4.69) is 17.3 Å². The summed E-state index contributed by atoms with van der Waals surface area (Å²) in [5.74, 6) is 3.80. The Bertz CT molecular complexity index is 997. The van der Waals surface area contributed by atoms with E-state index in [0.717, 1.165) is 43.3 Å². The maximum absolute atomic E-state index is 12.8. The van der Waals surface area contributed by atoms with E-state index < -0.39 is 0 Å². The molecule has 32 heavy (non-hydrogen) atoms. The van der Waals surface area contributed by atoms with E-state index >= 15 is 0 Å². The molecule has 9 heteroatoms. The summed E-state index contributed by atoms with van der Waals surface area (Å²) < 4.78 is 16.8. The molecule has 1 fully saturated rings. The summed E-state index contributed by atoms with van der Waals surface area (Å²) in [6, 6.07) is 5.38. The molecule has 0 saturated carbocycles. The molecule has 0 spiro atoms. The molecule has 1 N–H and O–H groups in total. The molecule has 1 atom stereocenters. The van der Waals surface area contributed by atoms with Crippen LogP contribution >= 0.6 is 0 Å². The molecule has 0 radical (unpaired) electrons. The Morgan fingerprint density at radius 2 is 2.06 bits per heavy atom. The van der Waals surface area contributed by atoms with E-state index in [9.17, 15) is 4.79 Å². The largest absolute Gasteiger partial charge is 0.486 e. The van der Waals surface area contributed by atoms with Crippen molar-refractivity contribution in [1.29, 1.82) is 0 Å². The molecule has 1 aromatic heterocycles. The first-order chi connectivity index (χ1) is 15.6. The third kappa shape index (κ3) is 4.17. The van der Waals surface area contributed by atoms with Crippen LogP contribution in [0, 0.1) is 0 Å². The number of aromatic nitrogens is 2. The highest BCUT2D eigenvalue weighted by Crippen LogP contribution is 2.34. The molecular weight excluding hydrogens is 410 g/mol. The molecule has 9 nitrogen and oxygen atoms in total. The summed E-state index contributed by atoms with van der Waals surface area (Å²) in [5.41, 5.74) is 2.31. The standard InChI is InChI=1S/C23H29N5O4/c1-24-23-17-13-27(2)7-6-18(17)25-22(26-23)15-5-8-28(12-15)21(29)14-32-16-3-4-19-20(11-16)31-10-9-30-19/h3-4,11,15H,5-10,12-14H2,1-2H3,(H,24,25,26)/t15-/m1/s1. The Morgan fingerprint density at radius 3 is 2.91 bits per heavy atom. The Morgan fingerprint density at radius 1 is 1.22 bits per heavy atom. The van der Waals surface area contributed by atoms with Crippen LogP contribution in [0.25, 0.3) is 0 Å². The zero-order chi connectivity index (χ0) is 22.1. The van der Waals surface area contributed by atoms with Crippen molar-refractivity contribution in [2.45, 2.75) is 25.3 Å². The SMILES string of the molecule is CNc1nc([C@@H]2CCN(C(=O)COc3ccc4c(c3)OCCO4)C2)nc2c1CN(C)CC2. The smallest absolute Gasteiger partial charge is 0.260 e. The van der Waals surface area contributed by atoms with Crippen molar-refractivity contribution in [3.63, 3.8) is 0 Å². The van der Waals surface area contributed by atoms with Crippen LogP contribution in [0.4, 0.5) is 5.82 Å². The number of anilines is 1. The molecule has 1 amide bonds.